The van der Waals surface area contributed by atoms with Crippen molar-refractivity contribution in [3.63, 3.8) is 0 Å². The lowest BCUT2D eigenvalue weighted by molar-refractivity contribution is 0.740. The van der Waals surface area contributed by atoms with Crippen LogP contribution in [0.1, 0.15) is 18.1 Å². The van der Waals surface area contributed by atoms with Gasteiger partial charge in [-0.05, 0) is 31.0 Å². The molecule has 1 N–H and O–H groups in total. The van der Waals surface area contributed by atoms with Gasteiger partial charge in [0.25, 0.3) is 0 Å². The van der Waals surface area contributed by atoms with Crippen LogP contribution in [0.4, 0.5) is 0 Å². The average Bonchev–Trinajstić information content (AvgIpc) is 2.10. The Kier molecular flexibility index (Phi) is 4.36. The van der Waals surface area contributed by atoms with Gasteiger partial charge in [-0.3, -0.25) is 0 Å². The van der Waals surface area contributed by atoms with Crippen molar-refractivity contribution in [1.29, 1.82) is 0 Å². The average molecular weight is 254 g/mol. The van der Waals surface area contributed by atoms with E-state index in [1.807, 2.05) is 6.92 Å². The summed E-state index contributed by atoms with van der Waals surface area (Å²) in [6, 6.07) is 6.42. The van der Waals surface area contributed by atoms with Crippen molar-refractivity contribution in [2.45, 2.75) is 20.4 Å². The fourth-order valence-electron chi connectivity index (χ4n) is 1.17. The van der Waals surface area contributed by atoms with Gasteiger partial charge in [0, 0.05) is 17.6 Å². The van der Waals surface area contributed by atoms with Crippen molar-refractivity contribution < 1.29 is 0 Å². The van der Waals surface area contributed by atoms with Crippen molar-refractivity contribution in [2.24, 2.45) is 0 Å². The van der Waals surface area contributed by atoms with Gasteiger partial charge in [-0.25, -0.2) is 0 Å². The lowest BCUT2D eigenvalue weighted by atomic mass is 10.1. The van der Waals surface area contributed by atoms with Crippen molar-refractivity contribution in [2.75, 3.05) is 6.54 Å². The molecule has 0 aliphatic carbocycles. The van der Waals surface area contributed by atoms with Gasteiger partial charge in [-0.2, -0.15) is 0 Å². The maximum Gasteiger partial charge on any atom is 0.0208 e. The first-order valence-corrected chi connectivity index (χ1v) is 5.49. The lowest BCUT2D eigenvalue weighted by Gasteiger charge is -2.06. The summed E-state index contributed by atoms with van der Waals surface area (Å²) in [6.07, 6.45) is 0. The van der Waals surface area contributed by atoms with Crippen LogP contribution in [0.15, 0.2) is 34.8 Å². The third-order valence-corrected chi connectivity index (χ3v) is 2.85. The molecule has 1 aromatic carbocycles. The fourth-order valence-corrected chi connectivity index (χ4v) is 1.59. The molecule has 1 rings (SSSR count). The maximum absolute atomic E-state index is 3.85. The highest BCUT2D eigenvalue weighted by Crippen LogP contribution is 2.17. The molecule has 14 heavy (non-hydrogen) atoms. The Morgan fingerprint density at radius 1 is 1.50 bits per heavy atom. The van der Waals surface area contributed by atoms with Gasteiger partial charge in [0.2, 0.25) is 0 Å². The molecule has 0 amide bonds. The molecule has 1 nitrogen and oxygen atoms in total. The Hall–Kier alpha value is -0.600. The zero-order valence-corrected chi connectivity index (χ0v) is 10.3. The fraction of sp³-hybridized carbons (Fsp3) is 0.333. The van der Waals surface area contributed by atoms with E-state index in [-0.39, 0.29) is 0 Å². The molecule has 0 bridgehead atoms. The first kappa shape index (κ1) is 11.5. The van der Waals surface area contributed by atoms with E-state index in [2.05, 4.69) is 52.9 Å². The minimum Gasteiger partial charge on any atom is -0.309 e. The third kappa shape index (κ3) is 3.64. The molecule has 2 heteroatoms. The summed E-state index contributed by atoms with van der Waals surface area (Å²) >= 11 is 3.52. The van der Waals surface area contributed by atoms with Gasteiger partial charge in [0.05, 0.1) is 0 Å². The quantitative estimate of drug-likeness (QED) is 0.812. The second-order valence-corrected chi connectivity index (χ2v) is 4.50. The number of rotatable bonds is 4. The van der Waals surface area contributed by atoms with Gasteiger partial charge in [0.1, 0.15) is 0 Å². The summed E-state index contributed by atoms with van der Waals surface area (Å²) in [6.45, 7) is 9.74. The summed E-state index contributed by atoms with van der Waals surface area (Å²) in [4.78, 5) is 0. The Morgan fingerprint density at radius 3 is 2.79 bits per heavy atom. The molecule has 0 fully saturated rings. The Morgan fingerprint density at radius 2 is 2.21 bits per heavy atom. The van der Waals surface area contributed by atoms with E-state index in [4.69, 9.17) is 0 Å². The Labute approximate surface area is 94.3 Å². The van der Waals surface area contributed by atoms with Crippen LogP contribution in [-0.2, 0) is 6.54 Å². The minimum atomic E-state index is 0.880. The van der Waals surface area contributed by atoms with E-state index in [1.165, 1.54) is 15.6 Å². The molecule has 0 aromatic heterocycles. The monoisotopic (exact) mass is 253 g/mol. The Bertz CT molecular complexity index is 331. The number of nitrogens with one attached hydrogen (secondary N) is 1. The van der Waals surface area contributed by atoms with E-state index in [9.17, 15) is 0 Å². The van der Waals surface area contributed by atoms with Gasteiger partial charge < -0.3 is 5.32 Å². The topological polar surface area (TPSA) is 12.0 Å². The first-order chi connectivity index (χ1) is 6.59. The van der Waals surface area contributed by atoms with Crippen LogP contribution in [0, 0.1) is 6.92 Å². The summed E-state index contributed by atoms with van der Waals surface area (Å²) in [5.74, 6) is 0. The molecule has 0 spiro atoms. The highest BCUT2D eigenvalue weighted by atomic mass is 79.9. The van der Waals surface area contributed by atoms with E-state index in [1.54, 1.807) is 0 Å². The van der Waals surface area contributed by atoms with Gasteiger partial charge >= 0.3 is 0 Å². The zero-order chi connectivity index (χ0) is 10.6. The molecule has 0 saturated heterocycles. The summed E-state index contributed by atoms with van der Waals surface area (Å²) < 4.78 is 1.17. The van der Waals surface area contributed by atoms with Crippen molar-refractivity contribution >= 4 is 15.9 Å². The van der Waals surface area contributed by atoms with Crippen molar-refractivity contribution in [1.82, 2.24) is 5.32 Å². The smallest absolute Gasteiger partial charge is 0.0208 e. The molecule has 0 saturated carbocycles. The van der Waals surface area contributed by atoms with E-state index < -0.39 is 0 Å². The Balaban J connectivity index is 2.51. The SMILES string of the molecule is C=C(C)CNCc1ccc(C)c(Br)c1. The van der Waals surface area contributed by atoms with Crippen LogP contribution in [-0.4, -0.2) is 6.54 Å². The molecule has 0 radical (unpaired) electrons. The highest BCUT2D eigenvalue weighted by Gasteiger charge is 1.96. The standard InChI is InChI=1S/C12H16BrN/c1-9(2)7-14-8-11-5-4-10(3)12(13)6-11/h4-6,14H,1,7-8H2,2-3H3. The van der Waals surface area contributed by atoms with Crippen molar-refractivity contribution in [3.8, 4) is 0 Å². The second kappa shape index (κ2) is 5.32. The highest BCUT2D eigenvalue weighted by molar-refractivity contribution is 9.10. The van der Waals surface area contributed by atoms with E-state index in [0.717, 1.165) is 18.7 Å². The number of aryl methyl sites for hydroxylation is 1. The second-order valence-electron chi connectivity index (χ2n) is 3.64. The van der Waals surface area contributed by atoms with Crippen molar-refractivity contribution in [3.05, 3.63) is 46.0 Å². The number of benzene rings is 1. The van der Waals surface area contributed by atoms with Gasteiger partial charge in [-0.1, -0.05) is 40.2 Å². The van der Waals surface area contributed by atoms with Crippen LogP contribution >= 0.6 is 15.9 Å². The molecule has 0 unspecified atom stereocenters. The number of hydrogen-bond donors (Lipinski definition) is 1. The van der Waals surface area contributed by atoms with Crippen LogP contribution in [0.25, 0.3) is 0 Å². The van der Waals surface area contributed by atoms with Crippen LogP contribution in [0.2, 0.25) is 0 Å². The molecular weight excluding hydrogens is 238 g/mol. The van der Waals surface area contributed by atoms with E-state index >= 15 is 0 Å². The molecule has 0 heterocycles. The molecule has 0 aliphatic rings. The zero-order valence-electron chi connectivity index (χ0n) is 8.73. The maximum atomic E-state index is 3.85. The van der Waals surface area contributed by atoms with Gasteiger partial charge in [-0.15, -0.1) is 0 Å². The van der Waals surface area contributed by atoms with E-state index in [0.29, 0.717) is 0 Å². The third-order valence-electron chi connectivity index (χ3n) is 1.99. The predicted molar refractivity (Wildman–Crippen MR) is 65.4 cm³/mol. The van der Waals surface area contributed by atoms with Gasteiger partial charge in [0.15, 0.2) is 0 Å². The largest absolute Gasteiger partial charge is 0.309 e. The molecule has 0 aliphatic heterocycles. The summed E-state index contributed by atoms with van der Waals surface area (Å²) in [5.41, 5.74) is 3.73. The molecule has 0 atom stereocenters. The number of halogens is 1. The normalized spacial score (nSPS) is 10.2. The van der Waals surface area contributed by atoms with Crippen LogP contribution in [0.5, 0.6) is 0 Å². The molecular formula is C12H16BrN. The van der Waals surface area contributed by atoms with Crippen LogP contribution < -0.4 is 5.32 Å². The minimum absolute atomic E-state index is 0.880. The van der Waals surface area contributed by atoms with Crippen LogP contribution in [0.3, 0.4) is 0 Å². The first-order valence-electron chi connectivity index (χ1n) is 4.69. The molecule has 1 aromatic rings. The lowest BCUT2D eigenvalue weighted by Crippen LogP contribution is -2.15. The predicted octanol–water partition coefficient (Wildman–Crippen LogP) is 3.42. The number of hydrogen-bond acceptors (Lipinski definition) is 1. The summed E-state index contributed by atoms with van der Waals surface area (Å²) in [5, 5.41) is 3.33. The molecule has 76 valence electrons. The summed E-state index contributed by atoms with van der Waals surface area (Å²) in [7, 11) is 0.